The zero-order chi connectivity index (χ0) is 20.1. The fraction of sp³-hybridized carbons (Fsp3) is 0.350. The van der Waals surface area contributed by atoms with E-state index in [0.29, 0.717) is 18.1 Å². The standard InChI is InChI=1S/C20H22ClF2N3O2/c1-14(15-5-7-18(8-6-15)28-19(22)23)24-20(27)26-11-9-25(10-12-26)17-4-2-3-16(21)13-17/h2-8,13-14,19H,9-12H2,1H3,(H,24,27). The van der Waals surface area contributed by atoms with E-state index in [0.717, 1.165) is 24.3 Å². The zero-order valence-electron chi connectivity index (χ0n) is 15.4. The third-order valence-electron chi connectivity index (χ3n) is 4.69. The molecule has 2 aromatic rings. The van der Waals surface area contributed by atoms with Crippen molar-refractivity contribution in [3.63, 3.8) is 0 Å². The van der Waals surface area contributed by atoms with Gasteiger partial charge in [-0.25, -0.2) is 4.79 Å². The normalized spacial score (nSPS) is 15.5. The van der Waals surface area contributed by atoms with E-state index in [9.17, 15) is 13.6 Å². The second-order valence-electron chi connectivity index (χ2n) is 6.57. The number of anilines is 1. The Labute approximate surface area is 167 Å². The smallest absolute Gasteiger partial charge is 0.387 e. The van der Waals surface area contributed by atoms with Gasteiger partial charge in [0, 0.05) is 36.9 Å². The molecule has 0 aliphatic carbocycles. The Morgan fingerprint density at radius 2 is 1.79 bits per heavy atom. The third-order valence-corrected chi connectivity index (χ3v) is 4.92. The lowest BCUT2D eigenvalue weighted by Gasteiger charge is -2.36. The minimum atomic E-state index is -2.85. The number of urea groups is 1. The summed E-state index contributed by atoms with van der Waals surface area (Å²) < 4.78 is 28.8. The first-order valence-corrected chi connectivity index (χ1v) is 9.41. The number of halogens is 3. The number of ether oxygens (including phenoxy) is 1. The van der Waals surface area contributed by atoms with E-state index in [-0.39, 0.29) is 17.8 Å². The van der Waals surface area contributed by atoms with Crippen LogP contribution in [0.5, 0.6) is 5.75 Å². The maximum absolute atomic E-state index is 12.5. The highest BCUT2D eigenvalue weighted by Gasteiger charge is 2.22. The minimum absolute atomic E-state index is 0.0920. The predicted molar refractivity (Wildman–Crippen MR) is 105 cm³/mol. The zero-order valence-corrected chi connectivity index (χ0v) is 16.2. The van der Waals surface area contributed by atoms with Gasteiger partial charge in [-0.3, -0.25) is 0 Å². The van der Waals surface area contributed by atoms with E-state index in [1.807, 2.05) is 31.2 Å². The van der Waals surface area contributed by atoms with Gasteiger partial charge in [0.1, 0.15) is 5.75 Å². The molecule has 1 heterocycles. The number of benzene rings is 2. The average Bonchev–Trinajstić information content (AvgIpc) is 2.68. The number of carbonyl (C=O) groups excluding carboxylic acids is 1. The Bertz CT molecular complexity index is 796. The molecule has 8 heteroatoms. The van der Waals surface area contributed by atoms with Crippen LogP contribution in [0.4, 0.5) is 19.3 Å². The van der Waals surface area contributed by atoms with Crippen LogP contribution in [-0.4, -0.2) is 43.7 Å². The van der Waals surface area contributed by atoms with Crippen LogP contribution in [0.25, 0.3) is 0 Å². The molecule has 150 valence electrons. The van der Waals surface area contributed by atoms with E-state index < -0.39 is 6.61 Å². The fourth-order valence-electron chi connectivity index (χ4n) is 3.14. The van der Waals surface area contributed by atoms with Gasteiger partial charge >= 0.3 is 12.6 Å². The highest BCUT2D eigenvalue weighted by atomic mass is 35.5. The van der Waals surface area contributed by atoms with Crippen molar-refractivity contribution in [2.24, 2.45) is 0 Å². The van der Waals surface area contributed by atoms with Gasteiger partial charge in [-0.05, 0) is 42.8 Å². The molecule has 1 fully saturated rings. The van der Waals surface area contributed by atoms with Gasteiger partial charge in [-0.1, -0.05) is 29.8 Å². The van der Waals surface area contributed by atoms with Crippen molar-refractivity contribution in [2.45, 2.75) is 19.6 Å². The maximum Gasteiger partial charge on any atom is 0.387 e. The second-order valence-corrected chi connectivity index (χ2v) is 7.01. The Hall–Kier alpha value is -2.54. The van der Waals surface area contributed by atoms with Crippen LogP contribution in [-0.2, 0) is 0 Å². The number of nitrogens with zero attached hydrogens (tertiary/aromatic N) is 2. The number of nitrogens with one attached hydrogen (secondary N) is 1. The molecule has 2 aromatic carbocycles. The monoisotopic (exact) mass is 409 g/mol. The lowest BCUT2D eigenvalue weighted by Crippen LogP contribution is -2.52. The summed E-state index contributed by atoms with van der Waals surface area (Å²) in [5.41, 5.74) is 1.86. The molecular formula is C20H22ClF2N3O2. The molecule has 3 rings (SSSR count). The van der Waals surface area contributed by atoms with Crippen LogP contribution in [0.1, 0.15) is 18.5 Å². The van der Waals surface area contributed by atoms with Gasteiger partial charge < -0.3 is 19.9 Å². The molecule has 1 aliphatic rings. The number of rotatable bonds is 5. The Kier molecular flexibility index (Phi) is 6.57. The Balaban J connectivity index is 1.51. The summed E-state index contributed by atoms with van der Waals surface area (Å²) >= 11 is 6.05. The molecule has 2 amide bonds. The van der Waals surface area contributed by atoms with Crippen LogP contribution < -0.4 is 15.0 Å². The molecule has 0 saturated carbocycles. The molecule has 28 heavy (non-hydrogen) atoms. The number of hydrogen-bond acceptors (Lipinski definition) is 3. The Morgan fingerprint density at radius 3 is 2.39 bits per heavy atom. The molecule has 1 aliphatic heterocycles. The fourth-order valence-corrected chi connectivity index (χ4v) is 3.32. The van der Waals surface area contributed by atoms with Crippen LogP contribution in [0, 0.1) is 0 Å². The van der Waals surface area contributed by atoms with Crippen LogP contribution in [0.3, 0.4) is 0 Å². The molecule has 0 bridgehead atoms. The molecule has 1 saturated heterocycles. The maximum atomic E-state index is 12.5. The lowest BCUT2D eigenvalue weighted by molar-refractivity contribution is -0.0498. The Morgan fingerprint density at radius 1 is 1.11 bits per heavy atom. The lowest BCUT2D eigenvalue weighted by atomic mass is 10.1. The van der Waals surface area contributed by atoms with E-state index in [2.05, 4.69) is 15.0 Å². The first-order chi connectivity index (χ1) is 13.4. The molecule has 1 N–H and O–H groups in total. The van der Waals surface area contributed by atoms with Crippen molar-refractivity contribution >= 4 is 23.3 Å². The minimum Gasteiger partial charge on any atom is -0.435 e. The summed E-state index contributed by atoms with van der Waals surface area (Å²) in [7, 11) is 0. The van der Waals surface area contributed by atoms with Crippen molar-refractivity contribution < 1.29 is 18.3 Å². The number of amides is 2. The average molecular weight is 410 g/mol. The van der Waals surface area contributed by atoms with E-state index >= 15 is 0 Å². The number of hydrogen-bond donors (Lipinski definition) is 1. The summed E-state index contributed by atoms with van der Waals surface area (Å²) in [4.78, 5) is 16.5. The van der Waals surface area contributed by atoms with Crippen molar-refractivity contribution in [3.8, 4) is 5.75 Å². The van der Waals surface area contributed by atoms with Gasteiger partial charge in [-0.15, -0.1) is 0 Å². The van der Waals surface area contributed by atoms with Crippen molar-refractivity contribution in [3.05, 3.63) is 59.1 Å². The molecule has 5 nitrogen and oxygen atoms in total. The molecule has 1 unspecified atom stereocenters. The summed E-state index contributed by atoms with van der Waals surface area (Å²) in [6.07, 6.45) is 0. The van der Waals surface area contributed by atoms with Crippen molar-refractivity contribution in [2.75, 3.05) is 31.1 Å². The molecule has 0 spiro atoms. The van der Waals surface area contributed by atoms with E-state index in [1.54, 1.807) is 17.0 Å². The third kappa shape index (κ3) is 5.25. The molecule has 1 atom stereocenters. The highest BCUT2D eigenvalue weighted by molar-refractivity contribution is 6.30. The summed E-state index contributed by atoms with van der Waals surface area (Å²) in [6, 6.07) is 13.5. The van der Waals surface area contributed by atoms with Crippen LogP contribution >= 0.6 is 11.6 Å². The molecule has 0 radical (unpaired) electrons. The summed E-state index contributed by atoms with van der Waals surface area (Å²) in [5.74, 6) is 0.0920. The van der Waals surface area contributed by atoms with E-state index in [4.69, 9.17) is 11.6 Å². The highest BCUT2D eigenvalue weighted by Crippen LogP contribution is 2.22. The summed E-state index contributed by atoms with van der Waals surface area (Å²) in [5, 5.41) is 3.64. The quantitative estimate of drug-likeness (QED) is 0.788. The van der Waals surface area contributed by atoms with Gasteiger partial charge in [0.05, 0.1) is 6.04 Å². The largest absolute Gasteiger partial charge is 0.435 e. The number of piperazine rings is 1. The predicted octanol–water partition coefficient (Wildman–Crippen LogP) is 4.53. The van der Waals surface area contributed by atoms with Crippen LogP contribution in [0.15, 0.2) is 48.5 Å². The van der Waals surface area contributed by atoms with E-state index in [1.165, 1.54) is 12.1 Å². The first-order valence-electron chi connectivity index (χ1n) is 9.03. The summed E-state index contributed by atoms with van der Waals surface area (Å²) in [6.45, 7) is 1.65. The second kappa shape index (κ2) is 9.10. The number of alkyl halides is 2. The van der Waals surface area contributed by atoms with Gasteiger partial charge in [0.25, 0.3) is 0 Å². The van der Waals surface area contributed by atoms with Crippen LogP contribution in [0.2, 0.25) is 5.02 Å². The van der Waals surface area contributed by atoms with Gasteiger partial charge in [0.2, 0.25) is 0 Å². The van der Waals surface area contributed by atoms with Crippen molar-refractivity contribution in [1.29, 1.82) is 0 Å². The SMILES string of the molecule is CC(NC(=O)N1CCN(c2cccc(Cl)c2)CC1)c1ccc(OC(F)F)cc1. The molecule has 0 aromatic heterocycles. The van der Waals surface area contributed by atoms with Gasteiger partial charge in [0.15, 0.2) is 0 Å². The first kappa shape index (κ1) is 20.2. The molecular weight excluding hydrogens is 388 g/mol. The topological polar surface area (TPSA) is 44.8 Å². The van der Waals surface area contributed by atoms with Gasteiger partial charge in [-0.2, -0.15) is 8.78 Å². The number of carbonyl (C=O) groups is 1. The van der Waals surface area contributed by atoms with Crippen molar-refractivity contribution in [1.82, 2.24) is 10.2 Å².